The van der Waals surface area contributed by atoms with Crippen LogP contribution in [0.25, 0.3) is 0 Å². The molecule has 0 aliphatic rings. The van der Waals surface area contributed by atoms with Gasteiger partial charge in [0.15, 0.2) is 11.6 Å². The van der Waals surface area contributed by atoms with Gasteiger partial charge in [0.1, 0.15) is 17.3 Å². The first-order valence-electron chi connectivity index (χ1n) is 22.5. The Morgan fingerprint density at radius 2 is 0.722 bits per heavy atom. The molecule has 322 valence electrons. The molecular weight excluding hydrogens is 705 g/mol. The van der Waals surface area contributed by atoms with Crippen LogP contribution in [0.15, 0.2) is 0 Å². The Morgan fingerprint density at radius 3 is 0.926 bits per heavy atom. The van der Waals surface area contributed by atoms with E-state index >= 15 is 0 Å². The molecule has 0 aromatic rings. The van der Waals surface area contributed by atoms with E-state index in [-0.39, 0.29) is 12.8 Å². The van der Waals surface area contributed by atoms with Crippen molar-refractivity contribution in [3.05, 3.63) is 0 Å². The molecule has 0 aromatic heterocycles. The molecule has 0 aliphatic heterocycles. The number of hydrogen-bond acceptors (Lipinski definition) is 8. The molecule has 4 unspecified atom stereocenters. The van der Waals surface area contributed by atoms with E-state index in [1.165, 1.54) is 128 Å². The van der Waals surface area contributed by atoms with Crippen molar-refractivity contribution < 1.29 is 42.1 Å². The molecule has 0 spiro atoms. The third-order valence-electron chi connectivity index (χ3n) is 11.4. The lowest BCUT2D eigenvalue weighted by Crippen LogP contribution is -2.63. The first-order valence-corrected chi connectivity index (χ1v) is 23.8. The van der Waals surface area contributed by atoms with Gasteiger partial charge in [0.05, 0.1) is 12.0 Å². The Bertz CT molecular complexity index is 967. The van der Waals surface area contributed by atoms with Gasteiger partial charge < -0.3 is 15.3 Å². The molecule has 0 aromatic carbocycles. The monoisotopic (exact) mass is 791 g/mol. The maximum Gasteiger partial charge on any atom is 0.397 e. The zero-order chi connectivity index (χ0) is 40.7. The molecule has 0 saturated carbocycles. The van der Waals surface area contributed by atoms with Gasteiger partial charge in [-0.1, -0.05) is 194 Å². The molecule has 4 N–H and O–H groups in total. The van der Waals surface area contributed by atoms with Crippen molar-refractivity contribution in [1.29, 1.82) is 0 Å². The van der Waals surface area contributed by atoms with Crippen LogP contribution in [0.3, 0.4) is 0 Å². The van der Waals surface area contributed by atoms with Crippen molar-refractivity contribution in [3.8, 4) is 0 Å². The normalized spacial score (nSPS) is 16.1. The van der Waals surface area contributed by atoms with Crippen LogP contribution in [-0.4, -0.2) is 63.3 Å². The van der Waals surface area contributed by atoms with E-state index in [1.807, 2.05) is 0 Å². The van der Waals surface area contributed by atoms with E-state index in [4.69, 9.17) is 4.18 Å². The van der Waals surface area contributed by atoms with Crippen LogP contribution in [0.1, 0.15) is 240 Å². The molecule has 0 rings (SSSR count). The highest BCUT2D eigenvalue weighted by Crippen LogP contribution is 2.38. The van der Waals surface area contributed by atoms with E-state index in [0.29, 0.717) is 12.8 Å². The van der Waals surface area contributed by atoms with Gasteiger partial charge in [0.2, 0.25) is 0 Å². The number of carbonyl (C=O) groups excluding carboxylic acids is 2. The summed E-state index contributed by atoms with van der Waals surface area (Å²) in [4.78, 5) is 27.0. The van der Waals surface area contributed by atoms with Crippen molar-refractivity contribution >= 4 is 22.0 Å². The summed E-state index contributed by atoms with van der Waals surface area (Å²) < 4.78 is 37.8. The minimum Gasteiger partial charge on any atom is -0.391 e. The summed E-state index contributed by atoms with van der Waals surface area (Å²) in [5.74, 6) is -3.24. The lowest BCUT2D eigenvalue weighted by Gasteiger charge is -2.44. The van der Waals surface area contributed by atoms with Gasteiger partial charge >= 0.3 is 10.4 Å². The SMILES string of the molecule is CCCCCCCCCCCCCCCCCC(=O)C(C)(O)C(C(OS(=O)(=O)O)C(C)O)C(C)(O)C(=O)CCCCCCCCCCCCCCCCC. The number of rotatable bonds is 40. The first kappa shape index (κ1) is 53.1. The van der Waals surface area contributed by atoms with Gasteiger partial charge in [-0.25, -0.2) is 4.18 Å². The van der Waals surface area contributed by atoms with Gasteiger partial charge in [-0.3, -0.25) is 14.1 Å². The summed E-state index contributed by atoms with van der Waals surface area (Å²) in [5, 5.41) is 33.8. The zero-order valence-corrected chi connectivity index (χ0v) is 36.4. The topological polar surface area (TPSA) is 158 Å². The van der Waals surface area contributed by atoms with E-state index in [0.717, 1.165) is 72.1 Å². The first-order chi connectivity index (χ1) is 25.6. The third-order valence-corrected chi connectivity index (χ3v) is 11.9. The molecule has 9 nitrogen and oxygen atoms in total. The van der Waals surface area contributed by atoms with Crippen LogP contribution in [-0.2, 0) is 24.2 Å². The van der Waals surface area contributed by atoms with Crippen molar-refractivity contribution in [2.75, 3.05) is 0 Å². The Morgan fingerprint density at radius 1 is 0.500 bits per heavy atom. The molecule has 0 aliphatic carbocycles. The van der Waals surface area contributed by atoms with Gasteiger partial charge in [0, 0.05) is 12.8 Å². The minimum atomic E-state index is -5.18. The Kier molecular flexibility index (Phi) is 31.6. The predicted octanol–water partition coefficient (Wildman–Crippen LogP) is 11.3. The number of aliphatic hydroxyl groups excluding tert-OH is 1. The Balaban J connectivity index is 4.86. The largest absolute Gasteiger partial charge is 0.397 e. The number of ketones is 2. The van der Waals surface area contributed by atoms with Gasteiger partial charge in [-0.2, -0.15) is 8.42 Å². The smallest absolute Gasteiger partial charge is 0.391 e. The van der Waals surface area contributed by atoms with E-state index < -0.39 is 51.3 Å². The van der Waals surface area contributed by atoms with Crippen molar-refractivity contribution in [2.45, 2.75) is 263 Å². The van der Waals surface area contributed by atoms with E-state index in [2.05, 4.69) is 13.8 Å². The summed E-state index contributed by atoms with van der Waals surface area (Å²) >= 11 is 0. The van der Waals surface area contributed by atoms with E-state index in [1.54, 1.807) is 0 Å². The molecular formula is C44H86O9S. The standard InChI is InChI=1S/C44H86O9S/c1-6-8-10-12-14-16-18-20-22-24-26-28-30-32-34-36-39(46)43(4,48)42(41(38(3)45)53-54(50,51)52)44(5,49)40(47)37-35-33-31-29-27-25-23-21-19-17-15-13-11-9-7-2/h38,41-42,45,48-49H,6-37H2,1-5H3,(H,50,51,52). The lowest BCUT2D eigenvalue weighted by molar-refractivity contribution is -0.185. The molecule has 0 radical (unpaired) electrons. The quantitative estimate of drug-likeness (QED) is 0.0350. The average molecular weight is 791 g/mol. The number of hydrogen-bond donors (Lipinski definition) is 4. The number of Topliss-reactive ketones (excluding diaryl/α,β-unsaturated/α-hetero) is 2. The summed E-state index contributed by atoms with van der Waals surface area (Å²) in [6.45, 7) is 7.89. The van der Waals surface area contributed by atoms with Crippen LogP contribution in [0.5, 0.6) is 0 Å². The fraction of sp³-hybridized carbons (Fsp3) is 0.955. The maximum absolute atomic E-state index is 13.5. The highest BCUT2D eigenvalue weighted by atomic mass is 32.3. The van der Waals surface area contributed by atoms with Gasteiger partial charge in [0.25, 0.3) is 0 Å². The van der Waals surface area contributed by atoms with Crippen molar-refractivity contribution in [3.63, 3.8) is 0 Å². The van der Waals surface area contributed by atoms with Crippen molar-refractivity contribution in [1.82, 2.24) is 0 Å². The van der Waals surface area contributed by atoms with Crippen molar-refractivity contribution in [2.24, 2.45) is 5.92 Å². The maximum atomic E-state index is 13.5. The number of carbonyl (C=O) groups is 2. The van der Waals surface area contributed by atoms with Gasteiger partial charge in [-0.15, -0.1) is 0 Å². The second kappa shape index (κ2) is 32.1. The summed E-state index contributed by atoms with van der Waals surface area (Å²) in [7, 11) is -5.18. The summed E-state index contributed by atoms with van der Waals surface area (Å²) in [6, 6.07) is 0. The van der Waals surface area contributed by atoms with Crippen LogP contribution < -0.4 is 0 Å². The van der Waals surface area contributed by atoms with Crippen LogP contribution in [0.2, 0.25) is 0 Å². The predicted molar refractivity (Wildman–Crippen MR) is 222 cm³/mol. The highest BCUT2D eigenvalue weighted by Gasteiger charge is 2.57. The number of unbranched alkanes of at least 4 members (excludes halogenated alkanes) is 28. The van der Waals surface area contributed by atoms with E-state index in [9.17, 15) is 37.9 Å². The molecule has 0 amide bonds. The summed E-state index contributed by atoms with van der Waals surface area (Å²) in [5.41, 5.74) is -4.87. The van der Waals surface area contributed by atoms with Crippen LogP contribution >= 0.6 is 0 Å². The second-order valence-corrected chi connectivity index (χ2v) is 17.8. The summed E-state index contributed by atoms with van der Waals surface area (Å²) in [6.07, 6.45) is 31.0. The molecule has 0 saturated heterocycles. The van der Waals surface area contributed by atoms with Gasteiger partial charge in [-0.05, 0) is 33.6 Å². The lowest BCUT2D eigenvalue weighted by atomic mass is 9.67. The van der Waals surface area contributed by atoms with Crippen LogP contribution in [0.4, 0.5) is 0 Å². The molecule has 54 heavy (non-hydrogen) atoms. The molecule has 0 heterocycles. The number of aliphatic hydroxyl groups is 3. The Hall–Kier alpha value is -0.910. The molecule has 10 heteroatoms. The highest BCUT2D eigenvalue weighted by molar-refractivity contribution is 7.80. The molecule has 0 fully saturated rings. The van der Waals surface area contributed by atoms with Crippen LogP contribution in [0, 0.1) is 5.92 Å². The molecule has 0 bridgehead atoms. The fourth-order valence-electron chi connectivity index (χ4n) is 7.91. The Labute approximate surface area is 332 Å². The fourth-order valence-corrected chi connectivity index (χ4v) is 8.46. The average Bonchev–Trinajstić information content (AvgIpc) is 3.10. The third kappa shape index (κ3) is 26.1. The second-order valence-electron chi connectivity index (χ2n) is 16.7. The zero-order valence-electron chi connectivity index (χ0n) is 35.6. The minimum absolute atomic E-state index is 0.0521. The molecule has 4 atom stereocenters.